The summed E-state index contributed by atoms with van der Waals surface area (Å²) >= 11 is 23.7. The first-order chi connectivity index (χ1) is 16.6. The third-order valence-electron chi connectivity index (χ3n) is 5.53. The maximum Gasteiger partial charge on any atom is 0.435 e. The number of nitrogens with zero attached hydrogens (tertiary/aromatic N) is 1. The van der Waals surface area contributed by atoms with Crippen LogP contribution in [0.5, 0.6) is 0 Å². The monoisotopic (exact) mass is 556 g/mol. The Morgan fingerprint density at radius 1 is 1.00 bits per heavy atom. The molecular weight excluding hydrogens is 540 g/mol. The summed E-state index contributed by atoms with van der Waals surface area (Å²) in [6.45, 7) is 0.365. The number of benzene rings is 3. The minimum atomic E-state index is -4.77. The molecule has 10 heteroatoms. The zero-order valence-electron chi connectivity index (χ0n) is 18.0. The summed E-state index contributed by atoms with van der Waals surface area (Å²) < 4.78 is 42.8. The summed E-state index contributed by atoms with van der Waals surface area (Å²) in [5.74, 6) is 0. The second-order valence-corrected chi connectivity index (χ2v) is 9.90. The molecule has 4 rings (SSSR count). The molecule has 0 saturated heterocycles. The van der Waals surface area contributed by atoms with Crippen LogP contribution in [0, 0.1) is 0 Å². The summed E-state index contributed by atoms with van der Waals surface area (Å²) in [6.07, 6.45) is -4.72. The molecule has 3 aromatic carbocycles. The molecule has 1 atom stereocenters. The smallest absolute Gasteiger partial charge is 0.379 e. The predicted molar refractivity (Wildman–Crippen MR) is 139 cm³/mol. The molecule has 0 amide bonds. The number of halogens is 6. The summed E-state index contributed by atoms with van der Waals surface area (Å²) in [5, 5.41) is 7.50. The highest BCUT2D eigenvalue weighted by molar-refractivity contribution is 7.80. The Bertz CT molecular complexity index is 1260. The first-order valence-electron chi connectivity index (χ1n) is 10.5. The van der Waals surface area contributed by atoms with E-state index >= 15 is 0 Å². The SMILES string of the molecule is FC(F)(F)C1(c2cc(Cl)cc(Cl)c2)CC(c2ccc(Cl)c(NCC(=S)Cc3ccccc3)c2)=NO1. The molecular formula is C25H18Cl3F3N2OS. The van der Waals surface area contributed by atoms with Gasteiger partial charge in [0.25, 0.3) is 5.60 Å². The van der Waals surface area contributed by atoms with E-state index in [1.54, 1.807) is 18.2 Å². The Kier molecular flexibility index (Phi) is 7.62. The van der Waals surface area contributed by atoms with Crippen molar-refractivity contribution in [1.82, 2.24) is 0 Å². The fraction of sp³-hybridized carbons (Fsp3) is 0.200. The average Bonchev–Trinajstić information content (AvgIpc) is 3.26. The van der Waals surface area contributed by atoms with Gasteiger partial charge in [0.2, 0.25) is 0 Å². The molecule has 0 aromatic heterocycles. The van der Waals surface area contributed by atoms with Gasteiger partial charge in [-0.05, 0) is 35.9 Å². The lowest BCUT2D eigenvalue weighted by Crippen LogP contribution is -2.42. The van der Waals surface area contributed by atoms with E-state index in [1.165, 1.54) is 18.2 Å². The lowest BCUT2D eigenvalue weighted by Gasteiger charge is -2.29. The Hall–Kier alpha value is -2.32. The zero-order valence-corrected chi connectivity index (χ0v) is 21.1. The van der Waals surface area contributed by atoms with Gasteiger partial charge in [0.15, 0.2) is 0 Å². The highest BCUT2D eigenvalue weighted by Gasteiger charge is 2.62. The van der Waals surface area contributed by atoms with Crippen LogP contribution in [0.4, 0.5) is 18.9 Å². The third kappa shape index (κ3) is 5.75. The molecule has 1 heterocycles. The van der Waals surface area contributed by atoms with Gasteiger partial charge in [0.1, 0.15) is 0 Å². The van der Waals surface area contributed by atoms with E-state index in [9.17, 15) is 13.2 Å². The van der Waals surface area contributed by atoms with Crippen LogP contribution in [0.25, 0.3) is 0 Å². The fourth-order valence-electron chi connectivity index (χ4n) is 3.77. The minimum Gasteiger partial charge on any atom is -0.379 e. The number of oxime groups is 1. The molecule has 3 nitrogen and oxygen atoms in total. The normalized spacial score (nSPS) is 17.6. The van der Waals surface area contributed by atoms with Crippen LogP contribution in [-0.2, 0) is 16.9 Å². The standard InChI is InChI=1S/C25H18Cl3F3N2OS/c26-18-10-17(11-19(27)12-18)24(25(29,30)31)13-23(33-34-24)16-6-7-21(28)22(9-16)32-14-20(35)8-15-4-2-1-3-5-15/h1-7,9-12,32H,8,13-14H2. The molecule has 0 spiro atoms. The molecule has 1 aliphatic heterocycles. The molecule has 0 saturated carbocycles. The van der Waals surface area contributed by atoms with Gasteiger partial charge in [-0.1, -0.05) is 88.6 Å². The highest BCUT2D eigenvalue weighted by atomic mass is 35.5. The van der Waals surface area contributed by atoms with Crippen LogP contribution in [0.1, 0.15) is 23.1 Å². The highest BCUT2D eigenvalue weighted by Crippen LogP contribution is 2.49. The van der Waals surface area contributed by atoms with E-state index in [0.717, 1.165) is 10.4 Å². The number of hydrogen-bond donors (Lipinski definition) is 1. The van der Waals surface area contributed by atoms with Crippen LogP contribution >= 0.6 is 47.0 Å². The number of anilines is 1. The molecule has 182 valence electrons. The summed E-state index contributed by atoms with van der Waals surface area (Å²) in [5.41, 5.74) is -0.768. The lowest BCUT2D eigenvalue weighted by molar-refractivity contribution is -0.275. The van der Waals surface area contributed by atoms with Crippen molar-refractivity contribution < 1.29 is 18.0 Å². The average molecular weight is 558 g/mol. The van der Waals surface area contributed by atoms with Crippen LogP contribution in [-0.4, -0.2) is 23.3 Å². The Morgan fingerprint density at radius 3 is 2.34 bits per heavy atom. The van der Waals surface area contributed by atoms with E-state index in [0.29, 0.717) is 29.2 Å². The van der Waals surface area contributed by atoms with Crippen molar-refractivity contribution in [2.45, 2.75) is 24.6 Å². The maximum atomic E-state index is 14.3. The molecule has 0 fully saturated rings. The number of rotatable bonds is 7. The number of nitrogens with one attached hydrogen (secondary N) is 1. The van der Waals surface area contributed by atoms with Gasteiger partial charge in [-0.3, -0.25) is 0 Å². The van der Waals surface area contributed by atoms with Gasteiger partial charge in [-0.25, -0.2) is 0 Å². The minimum absolute atomic E-state index is 0.0672. The molecule has 1 N–H and O–H groups in total. The number of alkyl halides is 3. The van der Waals surface area contributed by atoms with E-state index in [2.05, 4.69) is 10.5 Å². The van der Waals surface area contributed by atoms with Crippen molar-refractivity contribution in [2.24, 2.45) is 5.16 Å². The van der Waals surface area contributed by atoms with Crippen molar-refractivity contribution in [1.29, 1.82) is 0 Å². The topological polar surface area (TPSA) is 33.6 Å². The lowest BCUT2D eigenvalue weighted by atomic mass is 9.86. The van der Waals surface area contributed by atoms with E-state index in [1.807, 2.05) is 30.3 Å². The van der Waals surface area contributed by atoms with Gasteiger partial charge in [-0.15, -0.1) is 0 Å². The number of thiocarbonyl (C=S) groups is 1. The van der Waals surface area contributed by atoms with Gasteiger partial charge in [-0.2, -0.15) is 13.2 Å². The summed E-state index contributed by atoms with van der Waals surface area (Å²) in [6, 6.07) is 18.3. The first-order valence-corrected chi connectivity index (χ1v) is 12.0. The second kappa shape index (κ2) is 10.3. The molecule has 0 bridgehead atoms. The third-order valence-corrected chi connectivity index (χ3v) is 6.59. The van der Waals surface area contributed by atoms with Crippen LogP contribution in [0.15, 0.2) is 71.9 Å². The molecule has 0 aliphatic carbocycles. The van der Waals surface area contributed by atoms with Crippen LogP contribution < -0.4 is 5.32 Å². The second-order valence-electron chi connectivity index (χ2n) is 8.04. The Balaban J connectivity index is 1.53. The van der Waals surface area contributed by atoms with Gasteiger partial charge < -0.3 is 10.2 Å². The summed E-state index contributed by atoms with van der Waals surface area (Å²) in [7, 11) is 0. The number of hydrogen-bond acceptors (Lipinski definition) is 4. The van der Waals surface area contributed by atoms with Crippen LogP contribution in [0.2, 0.25) is 15.1 Å². The van der Waals surface area contributed by atoms with Crippen molar-refractivity contribution in [2.75, 3.05) is 11.9 Å². The Labute approximate surface area is 220 Å². The van der Waals surface area contributed by atoms with Gasteiger partial charge in [0.05, 0.1) is 16.4 Å². The largest absolute Gasteiger partial charge is 0.435 e. The molecule has 1 aliphatic rings. The van der Waals surface area contributed by atoms with Crippen LogP contribution in [0.3, 0.4) is 0 Å². The zero-order chi connectivity index (χ0) is 25.2. The van der Waals surface area contributed by atoms with Crippen molar-refractivity contribution in [3.63, 3.8) is 0 Å². The van der Waals surface area contributed by atoms with Gasteiger partial charge in [0, 0.05) is 45.4 Å². The fourth-order valence-corrected chi connectivity index (χ4v) is 4.71. The van der Waals surface area contributed by atoms with E-state index in [-0.39, 0.29) is 21.3 Å². The van der Waals surface area contributed by atoms with E-state index < -0.39 is 18.2 Å². The Morgan fingerprint density at radius 2 is 1.69 bits per heavy atom. The predicted octanol–water partition coefficient (Wildman–Crippen LogP) is 8.25. The van der Waals surface area contributed by atoms with Gasteiger partial charge >= 0.3 is 6.18 Å². The van der Waals surface area contributed by atoms with Crippen molar-refractivity contribution in [3.8, 4) is 0 Å². The molecule has 1 unspecified atom stereocenters. The quantitative estimate of drug-likeness (QED) is 0.297. The van der Waals surface area contributed by atoms with E-state index in [4.69, 9.17) is 51.9 Å². The van der Waals surface area contributed by atoms with Crippen molar-refractivity contribution >= 4 is 63.3 Å². The molecule has 3 aromatic rings. The summed E-state index contributed by atoms with van der Waals surface area (Å²) in [4.78, 5) is 5.83. The van der Waals surface area contributed by atoms with Crippen molar-refractivity contribution in [3.05, 3.63) is 98.5 Å². The first kappa shape index (κ1) is 25.8. The maximum absolute atomic E-state index is 14.3. The molecule has 0 radical (unpaired) electrons. The molecule has 35 heavy (non-hydrogen) atoms.